The van der Waals surface area contributed by atoms with E-state index < -0.39 is 5.97 Å². The summed E-state index contributed by atoms with van der Waals surface area (Å²) in [5.41, 5.74) is 8.27. The van der Waals surface area contributed by atoms with E-state index in [1.54, 1.807) is 19.1 Å². The van der Waals surface area contributed by atoms with E-state index in [-0.39, 0.29) is 10.8 Å². The number of hydrogen-bond donors (Lipinski definition) is 2. The van der Waals surface area contributed by atoms with E-state index in [1.807, 2.05) is 30.3 Å². The molecule has 2 aromatic heterocycles. The first-order valence-electron chi connectivity index (χ1n) is 10.2. The third-order valence-electron chi connectivity index (χ3n) is 5.58. The predicted octanol–water partition coefficient (Wildman–Crippen LogP) is 5.22. The zero-order valence-corrected chi connectivity index (χ0v) is 18.9. The highest BCUT2D eigenvalue weighted by Crippen LogP contribution is 2.27. The minimum absolute atomic E-state index is 0.234. The third-order valence-corrected chi connectivity index (χ3v) is 6.77. The zero-order chi connectivity index (χ0) is 22.8. The lowest BCUT2D eigenvalue weighted by molar-refractivity contribution is 0.0702. The molecule has 0 saturated carbocycles. The Morgan fingerprint density at radius 3 is 2.44 bits per heavy atom. The number of benzene rings is 2. The first-order valence-corrected chi connectivity index (χ1v) is 11.0. The van der Waals surface area contributed by atoms with E-state index in [1.165, 1.54) is 17.3 Å². The van der Waals surface area contributed by atoms with E-state index in [0.717, 1.165) is 34.3 Å². The highest BCUT2D eigenvalue weighted by Gasteiger charge is 2.15. The van der Waals surface area contributed by atoms with Crippen molar-refractivity contribution in [2.75, 3.05) is 0 Å². The average molecular weight is 446 g/mol. The van der Waals surface area contributed by atoms with Crippen LogP contribution in [0.25, 0.3) is 10.9 Å². The number of aromatic nitrogens is 1. The van der Waals surface area contributed by atoms with Crippen molar-refractivity contribution in [3.8, 4) is 0 Å². The van der Waals surface area contributed by atoms with Gasteiger partial charge >= 0.3 is 5.97 Å². The van der Waals surface area contributed by atoms with Crippen LogP contribution in [0.4, 0.5) is 0 Å². The fourth-order valence-corrected chi connectivity index (χ4v) is 4.45. The van der Waals surface area contributed by atoms with Crippen molar-refractivity contribution in [2.24, 2.45) is 5.10 Å². The Labute approximate surface area is 189 Å². The maximum atomic E-state index is 12.7. The van der Waals surface area contributed by atoms with Crippen molar-refractivity contribution in [2.45, 2.75) is 27.3 Å². The van der Waals surface area contributed by atoms with Gasteiger partial charge in [0.25, 0.3) is 5.91 Å². The number of carbonyl (C=O) groups excluding carboxylic acids is 1. The first kappa shape index (κ1) is 21.5. The summed E-state index contributed by atoms with van der Waals surface area (Å²) in [7, 11) is 0. The Morgan fingerprint density at radius 2 is 1.75 bits per heavy atom. The van der Waals surface area contributed by atoms with Gasteiger partial charge in [0.15, 0.2) is 0 Å². The van der Waals surface area contributed by atoms with Crippen LogP contribution in [0.15, 0.2) is 65.8 Å². The molecule has 0 fully saturated rings. The summed E-state index contributed by atoms with van der Waals surface area (Å²) < 4.78 is 2.26. The molecular formula is C25H23N3O3S. The van der Waals surface area contributed by atoms with E-state index in [9.17, 15) is 9.59 Å². The standard InChI is InChI=1S/C25H23N3O3S/c1-15-17(3)28(14-18-7-5-4-6-8-18)21-10-9-19(13-20(15)21)24(29)27-26-16(2)22-11-12-23(32-22)25(30)31/h4-13H,14H2,1-3H3,(H,27,29)(H,30,31)/b26-16-. The third kappa shape index (κ3) is 4.20. The molecular weight excluding hydrogens is 422 g/mol. The summed E-state index contributed by atoms with van der Waals surface area (Å²) in [4.78, 5) is 24.7. The second-order valence-electron chi connectivity index (χ2n) is 7.62. The number of amides is 1. The largest absolute Gasteiger partial charge is 0.477 e. The van der Waals surface area contributed by atoms with Crippen molar-refractivity contribution in [1.29, 1.82) is 0 Å². The number of fused-ring (bicyclic) bond motifs is 1. The van der Waals surface area contributed by atoms with Crippen molar-refractivity contribution >= 4 is 39.8 Å². The van der Waals surface area contributed by atoms with Crippen LogP contribution in [0.2, 0.25) is 0 Å². The lowest BCUT2D eigenvalue weighted by atomic mass is 10.1. The van der Waals surface area contributed by atoms with E-state index in [2.05, 4.69) is 41.1 Å². The molecule has 7 heteroatoms. The van der Waals surface area contributed by atoms with Crippen LogP contribution >= 0.6 is 11.3 Å². The number of hydrogen-bond acceptors (Lipinski definition) is 4. The van der Waals surface area contributed by atoms with Gasteiger partial charge in [0, 0.05) is 28.7 Å². The Kier molecular flexibility index (Phi) is 5.92. The number of carboxylic acids is 1. The highest BCUT2D eigenvalue weighted by molar-refractivity contribution is 7.15. The predicted molar refractivity (Wildman–Crippen MR) is 128 cm³/mol. The summed E-state index contributed by atoms with van der Waals surface area (Å²) in [5.74, 6) is -1.29. The molecule has 0 atom stereocenters. The zero-order valence-electron chi connectivity index (χ0n) is 18.0. The minimum Gasteiger partial charge on any atom is -0.477 e. The number of aromatic carboxylic acids is 1. The summed E-state index contributed by atoms with van der Waals surface area (Å²) in [5, 5.41) is 14.3. The summed E-state index contributed by atoms with van der Waals surface area (Å²) in [6.07, 6.45) is 0. The molecule has 0 aliphatic heterocycles. The molecule has 0 radical (unpaired) electrons. The van der Waals surface area contributed by atoms with E-state index in [4.69, 9.17) is 5.11 Å². The van der Waals surface area contributed by atoms with Crippen molar-refractivity contribution < 1.29 is 14.7 Å². The molecule has 2 heterocycles. The average Bonchev–Trinajstić information content (AvgIpc) is 3.38. The van der Waals surface area contributed by atoms with Gasteiger partial charge in [-0.25, -0.2) is 10.2 Å². The number of carbonyl (C=O) groups is 2. The molecule has 0 aliphatic carbocycles. The van der Waals surface area contributed by atoms with Gasteiger partial charge in [-0.3, -0.25) is 4.79 Å². The topological polar surface area (TPSA) is 83.7 Å². The summed E-state index contributed by atoms with van der Waals surface area (Å²) in [6.45, 7) is 6.67. The van der Waals surface area contributed by atoms with Gasteiger partial charge < -0.3 is 9.67 Å². The van der Waals surface area contributed by atoms with Crippen LogP contribution < -0.4 is 5.43 Å². The molecule has 0 bridgehead atoms. The molecule has 2 N–H and O–H groups in total. The molecule has 32 heavy (non-hydrogen) atoms. The smallest absolute Gasteiger partial charge is 0.345 e. The molecule has 4 aromatic rings. The quantitative estimate of drug-likeness (QED) is 0.315. The van der Waals surface area contributed by atoms with Gasteiger partial charge in [0.2, 0.25) is 0 Å². The lowest BCUT2D eigenvalue weighted by Gasteiger charge is -2.09. The molecule has 0 spiro atoms. The normalized spacial score (nSPS) is 11.7. The summed E-state index contributed by atoms with van der Waals surface area (Å²) in [6, 6.07) is 19.2. The molecule has 0 unspecified atom stereocenters. The van der Waals surface area contributed by atoms with Crippen molar-refractivity contribution in [1.82, 2.24) is 9.99 Å². The van der Waals surface area contributed by atoms with Gasteiger partial charge in [-0.15, -0.1) is 11.3 Å². The van der Waals surface area contributed by atoms with Crippen LogP contribution in [0.5, 0.6) is 0 Å². The summed E-state index contributed by atoms with van der Waals surface area (Å²) >= 11 is 1.12. The first-order chi connectivity index (χ1) is 15.3. The molecule has 2 aromatic carbocycles. The van der Waals surface area contributed by atoms with Crippen LogP contribution in [0.3, 0.4) is 0 Å². The monoisotopic (exact) mass is 445 g/mol. The van der Waals surface area contributed by atoms with E-state index in [0.29, 0.717) is 16.2 Å². The second kappa shape index (κ2) is 8.80. The molecule has 4 rings (SSSR count). The van der Waals surface area contributed by atoms with Gasteiger partial charge in [0.05, 0.1) is 10.6 Å². The number of thiophene rings is 1. The Bertz CT molecular complexity index is 1350. The molecule has 0 aliphatic rings. The number of nitrogens with zero attached hydrogens (tertiary/aromatic N) is 2. The molecule has 162 valence electrons. The fourth-order valence-electron chi connectivity index (χ4n) is 3.66. The van der Waals surface area contributed by atoms with Crippen molar-refractivity contribution in [3.63, 3.8) is 0 Å². The van der Waals surface area contributed by atoms with Gasteiger partial charge in [-0.2, -0.15) is 5.10 Å². The van der Waals surface area contributed by atoms with Gasteiger partial charge in [0.1, 0.15) is 4.88 Å². The number of carboxylic acid groups (broad SMARTS) is 1. The number of rotatable bonds is 6. The fraction of sp³-hybridized carbons (Fsp3) is 0.160. The molecule has 0 saturated heterocycles. The maximum Gasteiger partial charge on any atom is 0.345 e. The molecule has 1 amide bonds. The number of hydrazone groups is 1. The van der Waals surface area contributed by atoms with E-state index >= 15 is 0 Å². The Balaban J connectivity index is 1.57. The maximum absolute atomic E-state index is 12.7. The SMILES string of the molecule is C/C(=N/NC(=O)c1ccc2c(c1)c(C)c(C)n2Cc1ccccc1)c1ccc(C(=O)O)s1. The Morgan fingerprint density at radius 1 is 1.03 bits per heavy atom. The van der Waals surface area contributed by atoms with Crippen LogP contribution in [0.1, 0.15) is 48.7 Å². The second-order valence-corrected chi connectivity index (χ2v) is 8.71. The van der Waals surface area contributed by atoms with Gasteiger partial charge in [-0.1, -0.05) is 30.3 Å². The van der Waals surface area contributed by atoms with Crippen LogP contribution in [-0.4, -0.2) is 27.3 Å². The highest BCUT2D eigenvalue weighted by atomic mass is 32.1. The Hall–Kier alpha value is -3.71. The number of nitrogens with one attached hydrogen (secondary N) is 1. The molecule has 6 nitrogen and oxygen atoms in total. The lowest BCUT2D eigenvalue weighted by Crippen LogP contribution is -2.19. The van der Waals surface area contributed by atoms with Crippen LogP contribution in [0, 0.1) is 13.8 Å². The minimum atomic E-state index is -0.976. The van der Waals surface area contributed by atoms with Crippen molar-refractivity contribution in [3.05, 3.63) is 92.8 Å². The number of aryl methyl sites for hydroxylation is 1. The van der Waals surface area contributed by atoms with Gasteiger partial charge in [-0.05, 0) is 62.2 Å². The van der Waals surface area contributed by atoms with Crippen LogP contribution in [-0.2, 0) is 6.54 Å².